The first-order chi connectivity index (χ1) is 8.90. The van der Waals surface area contributed by atoms with E-state index >= 15 is 0 Å². The summed E-state index contributed by atoms with van der Waals surface area (Å²) in [4.78, 5) is 2.67. The highest BCUT2D eigenvalue weighted by Gasteiger charge is 2.20. The van der Waals surface area contributed by atoms with Gasteiger partial charge in [-0.25, -0.2) is 0 Å². The first-order valence-corrected chi connectivity index (χ1v) is 7.38. The molecular weight excluding hydrogens is 220 g/mol. The minimum absolute atomic E-state index is 0.750. The SMILES string of the molecule is NCCC1CCCCN1CCCc1ccccc1. The summed E-state index contributed by atoms with van der Waals surface area (Å²) >= 11 is 0. The predicted octanol–water partition coefficient (Wildman–Crippen LogP) is 2.82. The van der Waals surface area contributed by atoms with Gasteiger partial charge in [-0.1, -0.05) is 36.8 Å². The van der Waals surface area contributed by atoms with Crippen molar-refractivity contribution in [3.63, 3.8) is 0 Å². The number of hydrogen-bond acceptors (Lipinski definition) is 2. The molecule has 2 rings (SSSR count). The molecule has 0 amide bonds. The van der Waals surface area contributed by atoms with E-state index in [-0.39, 0.29) is 0 Å². The lowest BCUT2D eigenvalue weighted by Gasteiger charge is -2.35. The summed E-state index contributed by atoms with van der Waals surface area (Å²) in [7, 11) is 0. The fraction of sp³-hybridized carbons (Fsp3) is 0.625. The zero-order valence-electron chi connectivity index (χ0n) is 11.4. The third kappa shape index (κ3) is 4.11. The highest BCUT2D eigenvalue weighted by Crippen LogP contribution is 2.19. The fourth-order valence-corrected chi connectivity index (χ4v) is 3.00. The molecule has 0 aliphatic carbocycles. The van der Waals surface area contributed by atoms with E-state index in [2.05, 4.69) is 35.2 Å². The molecule has 1 saturated heterocycles. The van der Waals surface area contributed by atoms with E-state index in [1.54, 1.807) is 0 Å². The number of benzene rings is 1. The van der Waals surface area contributed by atoms with Gasteiger partial charge in [0.15, 0.2) is 0 Å². The second kappa shape index (κ2) is 7.55. The smallest absolute Gasteiger partial charge is 0.0107 e. The van der Waals surface area contributed by atoms with Crippen LogP contribution in [0.1, 0.15) is 37.7 Å². The molecule has 0 aromatic heterocycles. The summed E-state index contributed by atoms with van der Waals surface area (Å²) in [5.41, 5.74) is 7.18. The number of rotatable bonds is 6. The van der Waals surface area contributed by atoms with Crippen LogP contribution in [0.5, 0.6) is 0 Å². The lowest BCUT2D eigenvalue weighted by molar-refractivity contribution is 0.140. The van der Waals surface area contributed by atoms with Gasteiger partial charge in [0.05, 0.1) is 0 Å². The van der Waals surface area contributed by atoms with Crippen LogP contribution in [0.15, 0.2) is 30.3 Å². The molecule has 2 N–H and O–H groups in total. The highest BCUT2D eigenvalue weighted by molar-refractivity contribution is 5.14. The number of aryl methyl sites for hydroxylation is 1. The van der Waals surface area contributed by atoms with E-state index in [4.69, 9.17) is 5.73 Å². The summed E-state index contributed by atoms with van der Waals surface area (Å²) < 4.78 is 0. The summed E-state index contributed by atoms with van der Waals surface area (Å²) in [6, 6.07) is 11.6. The Morgan fingerprint density at radius 2 is 2.00 bits per heavy atom. The van der Waals surface area contributed by atoms with Crippen molar-refractivity contribution in [2.75, 3.05) is 19.6 Å². The fourth-order valence-electron chi connectivity index (χ4n) is 3.00. The molecule has 1 unspecified atom stereocenters. The minimum atomic E-state index is 0.750. The van der Waals surface area contributed by atoms with Crippen molar-refractivity contribution in [1.82, 2.24) is 4.90 Å². The predicted molar refractivity (Wildman–Crippen MR) is 77.6 cm³/mol. The Kier molecular flexibility index (Phi) is 5.69. The van der Waals surface area contributed by atoms with Gasteiger partial charge in [-0.3, -0.25) is 0 Å². The Morgan fingerprint density at radius 1 is 1.17 bits per heavy atom. The van der Waals surface area contributed by atoms with Crippen LogP contribution in [0.4, 0.5) is 0 Å². The van der Waals surface area contributed by atoms with E-state index in [0.29, 0.717) is 0 Å². The maximum atomic E-state index is 5.71. The van der Waals surface area contributed by atoms with Crippen LogP contribution >= 0.6 is 0 Å². The maximum Gasteiger partial charge on any atom is 0.0107 e. The molecule has 0 saturated carbocycles. The van der Waals surface area contributed by atoms with Crippen molar-refractivity contribution in [3.8, 4) is 0 Å². The van der Waals surface area contributed by atoms with E-state index in [1.165, 1.54) is 57.2 Å². The second-order valence-corrected chi connectivity index (χ2v) is 5.35. The molecular formula is C16H26N2. The van der Waals surface area contributed by atoms with Crippen molar-refractivity contribution < 1.29 is 0 Å². The lowest BCUT2D eigenvalue weighted by atomic mass is 9.98. The molecule has 1 heterocycles. The molecule has 0 bridgehead atoms. The molecule has 2 nitrogen and oxygen atoms in total. The zero-order chi connectivity index (χ0) is 12.6. The first kappa shape index (κ1) is 13.6. The Hall–Kier alpha value is -0.860. The minimum Gasteiger partial charge on any atom is -0.330 e. The lowest BCUT2D eigenvalue weighted by Crippen LogP contribution is -2.41. The third-order valence-corrected chi connectivity index (χ3v) is 4.00. The molecule has 0 spiro atoms. The van der Waals surface area contributed by atoms with Gasteiger partial charge in [0.1, 0.15) is 0 Å². The third-order valence-electron chi connectivity index (χ3n) is 4.00. The van der Waals surface area contributed by atoms with E-state index < -0.39 is 0 Å². The van der Waals surface area contributed by atoms with Crippen molar-refractivity contribution in [2.45, 2.75) is 44.6 Å². The highest BCUT2D eigenvalue weighted by atomic mass is 15.2. The molecule has 0 radical (unpaired) electrons. The van der Waals surface area contributed by atoms with Crippen molar-refractivity contribution in [3.05, 3.63) is 35.9 Å². The zero-order valence-corrected chi connectivity index (χ0v) is 11.4. The topological polar surface area (TPSA) is 29.3 Å². The molecule has 1 aromatic rings. The molecule has 2 heteroatoms. The van der Waals surface area contributed by atoms with Gasteiger partial charge in [-0.05, 0) is 57.3 Å². The largest absolute Gasteiger partial charge is 0.330 e. The van der Waals surface area contributed by atoms with Crippen molar-refractivity contribution in [2.24, 2.45) is 5.73 Å². The van der Waals surface area contributed by atoms with Crippen molar-refractivity contribution >= 4 is 0 Å². The van der Waals surface area contributed by atoms with E-state index in [0.717, 1.165) is 12.6 Å². The van der Waals surface area contributed by atoms with Crippen LogP contribution < -0.4 is 5.73 Å². The first-order valence-electron chi connectivity index (χ1n) is 7.38. The quantitative estimate of drug-likeness (QED) is 0.836. The molecule has 1 aliphatic rings. The Morgan fingerprint density at radius 3 is 2.78 bits per heavy atom. The number of piperidine rings is 1. The molecule has 100 valence electrons. The molecule has 1 aliphatic heterocycles. The average molecular weight is 246 g/mol. The number of hydrogen-bond donors (Lipinski definition) is 1. The number of nitrogens with zero attached hydrogens (tertiary/aromatic N) is 1. The maximum absolute atomic E-state index is 5.71. The average Bonchev–Trinajstić information content (AvgIpc) is 2.42. The summed E-state index contributed by atoms with van der Waals surface area (Å²) in [6.07, 6.45) is 7.75. The summed E-state index contributed by atoms with van der Waals surface area (Å²) in [5.74, 6) is 0. The normalized spacial score (nSPS) is 21.1. The van der Waals surface area contributed by atoms with Gasteiger partial charge in [0.2, 0.25) is 0 Å². The van der Waals surface area contributed by atoms with Crippen LogP contribution in [0.3, 0.4) is 0 Å². The summed E-state index contributed by atoms with van der Waals surface area (Å²) in [6.45, 7) is 3.35. The van der Waals surface area contributed by atoms with Gasteiger partial charge in [-0.15, -0.1) is 0 Å². The van der Waals surface area contributed by atoms with Gasteiger partial charge in [0.25, 0.3) is 0 Å². The van der Waals surface area contributed by atoms with Crippen LogP contribution in [0.25, 0.3) is 0 Å². The summed E-state index contributed by atoms with van der Waals surface area (Å²) in [5, 5.41) is 0. The molecule has 1 atom stereocenters. The van der Waals surface area contributed by atoms with Gasteiger partial charge in [0, 0.05) is 6.04 Å². The van der Waals surface area contributed by atoms with Gasteiger partial charge in [-0.2, -0.15) is 0 Å². The Bertz CT molecular complexity index is 321. The van der Waals surface area contributed by atoms with Crippen LogP contribution in [0, 0.1) is 0 Å². The Labute approximate surface area is 111 Å². The standard InChI is InChI=1S/C16H26N2/c17-12-11-16-10-4-5-13-18(16)14-6-9-15-7-2-1-3-8-15/h1-3,7-8,16H,4-6,9-14,17H2. The molecule has 1 aromatic carbocycles. The van der Waals surface area contributed by atoms with Gasteiger partial charge >= 0.3 is 0 Å². The Balaban J connectivity index is 1.74. The van der Waals surface area contributed by atoms with Crippen LogP contribution in [-0.4, -0.2) is 30.6 Å². The number of nitrogens with two attached hydrogens (primary N) is 1. The van der Waals surface area contributed by atoms with E-state index in [9.17, 15) is 0 Å². The molecule has 18 heavy (non-hydrogen) atoms. The monoisotopic (exact) mass is 246 g/mol. The second-order valence-electron chi connectivity index (χ2n) is 5.35. The van der Waals surface area contributed by atoms with Crippen molar-refractivity contribution in [1.29, 1.82) is 0 Å². The van der Waals surface area contributed by atoms with Crippen LogP contribution in [-0.2, 0) is 6.42 Å². The van der Waals surface area contributed by atoms with Crippen LogP contribution in [0.2, 0.25) is 0 Å². The van der Waals surface area contributed by atoms with E-state index in [1.807, 2.05) is 0 Å². The van der Waals surface area contributed by atoms with Gasteiger partial charge < -0.3 is 10.6 Å². The number of likely N-dealkylation sites (tertiary alicyclic amines) is 1. The molecule has 1 fully saturated rings.